The van der Waals surface area contributed by atoms with Crippen LogP contribution in [0.1, 0.15) is 84.5 Å². The predicted molar refractivity (Wildman–Crippen MR) is 160 cm³/mol. The number of rotatable bonds is 9. The fraction of sp³-hybridized carbons (Fsp3) is 0.529. The van der Waals surface area contributed by atoms with E-state index >= 15 is 0 Å². The number of carboxylic acids is 1. The number of amides is 2. The molecule has 0 heterocycles. The van der Waals surface area contributed by atoms with Crippen LogP contribution < -0.4 is 20.1 Å². The van der Waals surface area contributed by atoms with E-state index < -0.39 is 11.4 Å². The summed E-state index contributed by atoms with van der Waals surface area (Å²) in [5, 5.41) is 25.7. The van der Waals surface area contributed by atoms with Crippen LogP contribution in [0, 0.1) is 48.3 Å². The second-order valence-electron chi connectivity index (χ2n) is 12.8. The molecule has 9 nitrogen and oxygen atoms in total. The fourth-order valence-corrected chi connectivity index (χ4v) is 7.23. The highest BCUT2D eigenvalue weighted by Gasteiger charge is 2.51. The highest BCUT2D eigenvalue weighted by Crippen LogP contribution is 2.49. The molecule has 2 bridgehead atoms. The predicted octanol–water partition coefficient (Wildman–Crippen LogP) is 5.06. The van der Waals surface area contributed by atoms with Crippen molar-refractivity contribution in [3.05, 3.63) is 58.1 Å². The minimum absolute atomic E-state index is 0.0418. The first-order valence-corrected chi connectivity index (χ1v) is 15.2. The smallest absolute Gasteiger partial charge is 0.309 e. The highest BCUT2D eigenvalue weighted by atomic mass is 16.5. The van der Waals surface area contributed by atoms with E-state index in [2.05, 4.69) is 34.9 Å². The number of aliphatic carboxylic acids is 1. The van der Waals surface area contributed by atoms with Crippen molar-refractivity contribution in [2.24, 2.45) is 23.2 Å². The number of hydrogen-bond acceptors (Lipinski definition) is 6. The number of carboxylic acid groups (broad SMARTS) is 1. The molecule has 5 rings (SSSR count). The van der Waals surface area contributed by atoms with Gasteiger partial charge in [-0.25, -0.2) is 0 Å². The first-order chi connectivity index (χ1) is 20.5. The van der Waals surface area contributed by atoms with Crippen LogP contribution in [-0.2, 0) is 16.1 Å². The molecule has 43 heavy (non-hydrogen) atoms. The van der Waals surface area contributed by atoms with Gasteiger partial charge >= 0.3 is 5.97 Å². The van der Waals surface area contributed by atoms with E-state index in [0.717, 1.165) is 36.0 Å². The third-order valence-electron chi connectivity index (χ3n) is 9.99. The van der Waals surface area contributed by atoms with Gasteiger partial charge in [-0.1, -0.05) is 23.8 Å². The van der Waals surface area contributed by atoms with Gasteiger partial charge in [-0.3, -0.25) is 14.4 Å². The first-order valence-electron chi connectivity index (χ1n) is 15.2. The van der Waals surface area contributed by atoms with Crippen LogP contribution in [0.4, 0.5) is 0 Å². The molecule has 2 amide bonds. The van der Waals surface area contributed by atoms with Crippen molar-refractivity contribution >= 4 is 17.8 Å². The van der Waals surface area contributed by atoms with Crippen LogP contribution >= 0.6 is 0 Å². The SMILES string of the molecule is COc1cc(C#N)c(OC2CCC(C)(C(=O)O)CC2)cc1C(=O)N[C@@H]1[C@H]2CC[C@H](C2)[C@@H]1C(=O)NCc1cc(C)ccc1C. The van der Waals surface area contributed by atoms with Crippen LogP contribution in [0.5, 0.6) is 11.5 Å². The molecule has 0 aromatic heterocycles. The zero-order chi connectivity index (χ0) is 30.9. The molecule has 3 saturated carbocycles. The second kappa shape index (κ2) is 12.3. The van der Waals surface area contributed by atoms with Crippen molar-refractivity contribution in [2.45, 2.75) is 84.4 Å². The summed E-state index contributed by atoms with van der Waals surface area (Å²) in [5.41, 5.74) is 3.03. The van der Waals surface area contributed by atoms with Crippen LogP contribution in [-0.4, -0.2) is 42.1 Å². The van der Waals surface area contributed by atoms with E-state index in [1.54, 1.807) is 13.0 Å². The minimum Gasteiger partial charge on any atom is -0.496 e. The summed E-state index contributed by atoms with van der Waals surface area (Å²) in [6.07, 6.45) is 4.58. The summed E-state index contributed by atoms with van der Waals surface area (Å²) in [6, 6.07) is 11.1. The van der Waals surface area contributed by atoms with E-state index in [4.69, 9.17) is 9.47 Å². The molecule has 0 unspecified atom stereocenters. The molecular weight excluding hydrogens is 546 g/mol. The van der Waals surface area contributed by atoms with Crippen molar-refractivity contribution < 1.29 is 29.0 Å². The molecule has 3 aliphatic carbocycles. The number of ether oxygens (including phenoxy) is 2. The Labute approximate surface area is 252 Å². The summed E-state index contributed by atoms with van der Waals surface area (Å²) in [7, 11) is 1.45. The summed E-state index contributed by atoms with van der Waals surface area (Å²) in [6.45, 7) is 6.25. The number of nitrogens with zero attached hydrogens (tertiary/aromatic N) is 1. The van der Waals surface area contributed by atoms with Gasteiger partial charge in [0.25, 0.3) is 5.91 Å². The van der Waals surface area contributed by atoms with Crippen LogP contribution in [0.2, 0.25) is 0 Å². The number of aryl methyl sites for hydroxylation is 2. The average Bonchev–Trinajstić information content (AvgIpc) is 3.60. The normalized spacial score (nSPS) is 27.7. The quantitative estimate of drug-likeness (QED) is 0.373. The van der Waals surface area contributed by atoms with Crippen LogP contribution in [0.15, 0.2) is 30.3 Å². The van der Waals surface area contributed by atoms with Gasteiger partial charge in [0.1, 0.15) is 17.6 Å². The molecule has 0 aliphatic heterocycles. The molecule has 228 valence electrons. The van der Waals surface area contributed by atoms with Gasteiger partial charge in [-0.2, -0.15) is 5.26 Å². The number of carbonyl (C=O) groups excluding carboxylic acids is 2. The zero-order valence-electron chi connectivity index (χ0n) is 25.4. The van der Waals surface area contributed by atoms with Crippen LogP contribution in [0.25, 0.3) is 0 Å². The summed E-state index contributed by atoms with van der Waals surface area (Å²) in [5.74, 6) is -0.591. The zero-order valence-corrected chi connectivity index (χ0v) is 25.4. The van der Waals surface area contributed by atoms with Gasteiger partial charge in [0.2, 0.25) is 5.91 Å². The summed E-state index contributed by atoms with van der Waals surface area (Å²) < 4.78 is 11.7. The monoisotopic (exact) mass is 587 g/mol. The van der Waals surface area contributed by atoms with Gasteiger partial charge < -0.3 is 25.2 Å². The highest BCUT2D eigenvalue weighted by molar-refractivity contribution is 5.98. The Kier molecular flexibility index (Phi) is 8.68. The van der Waals surface area contributed by atoms with Crippen molar-refractivity contribution in [3.63, 3.8) is 0 Å². The van der Waals surface area contributed by atoms with Gasteiger partial charge in [0.15, 0.2) is 0 Å². The lowest BCUT2D eigenvalue weighted by atomic mass is 9.75. The first kappa shape index (κ1) is 30.4. The fourth-order valence-electron chi connectivity index (χ4n) is 7.23. The Morgan fingerprint density at radius 2 is 1.77 bits per heavy atom. The number of carbonyl (C=O) groups is 3. The lowest BCUT2D eigenvalue weighted by Gasteiger charge is -2.34. The Morgan fingerprint density at radius 1 is 1.05 bits per heavy atom. The summed E-state index contributed by atoms with van der Waals surface area (Å²) >= 11 is 0. The van der Waals surface area contributed by atoms with E-state index in [1.165, 1.54) is 13.2 Å². The third-order valence-corrected chi connectivity index (χ3v) is 9.99. The second-order valence-corrected chi connectivity index (χ2v) is 12.8. The number of nitrogens with one attached hydrogen (secondary N) is 2. The van der Waals surface area contributed by atoms with Gasteiger partial charge in [-0.05, 0) is 94.7 Å². The molecule has 0 spiro atoms. The maximum Gasteiger partial charge on any atom is 0.309 e. The van der Waals surface area contributed by atoms with Gasteiger partial charge in [0.05, 0.1) is 35.7 Å². The molecule has 3 aliphatic rings. The molecule has 3 fully saturated rings. The van der Waals surface area contributed by atoms with E-state index in [9.17, 15) is 24.8 Å². The molecule has 0 saturated heterocycles. The van der Waals surface area contributed by atoms with Crippen molar-refractivity contribution in [1.82, 2.24) is 10.6 Å². The van der Waals surface area contributed by atoms with Crippen LogP contribution in [0.3, 0.4) is 0 Å². The number of methoxy groups -OCH3 is 1. The molecule has 2 aromatic rings. The van der Waals surface area contributed by atoms with E-state index in [0.29, 0.717) is 32.2 Å². The van der Waals surface area contributed by atoms with Gasteiger partial charge in [0, 0.05) is 18.7 Å². The van der Waals surface area contributed by atoms with Crippen molar-refractivity contribution in [1.29, 1.82) is 5.26 Å². The van der Waals surface area contributed by atoms with E-state index in [1.807, 2.05) is 13.8 Å². The average molecular weight is 588 g/mol. The Balaban J connectivity index is 1.31. The standard InChI is InChI=1S/C34H41N3O6/c1-19-5-6-20(2)24(13-19)18-36-32(39)29-21-7-8-22(14-21)30(29)37-31(38)26-16-27(23(17-35)15-28(26)42-4)43-25-9-11-34(3,12-10-25)33(40)41/h5-6,13,15-16,21-22,25,29-30H,7-12,14,18H2,1-4H3,(H,36,39)(H,37,38)(H,40,41)/t21-,22+,25?,29+,30-,34?/m1/s1. The van der Waals surface area contributed by atoms with E-state index in [-0.39, 0.29) is 64.3 Å². The number of benzene rings is 2. The maximum atomic E-state index is 13.8. The molecule has 0 radical (unpaired) electrons. The topological polar surface area (TPSA) is 138 Å². The number of nitriles is 1. The minimum atomic E-state index is -0.815. The molecule has 2 aromatic carbocycles. The molecule has 4 atom stereocenters. The molecular formula is C34H41N3O6. The summed E-state index contributed by atoms with van der Waals surface area (Å²) in [4.78, 5) is 38.9. The van der Waals surface area contributed by atoms with Crippen molar-refractivity contribution in [2.75, 3.05) is 7.11 Å². The largest absolute Gasteiger partial charge is 0.496 e. The Hall–Kier alpha value is -4.06. The Bertz CT molecular complexity index is 1450. The maximum absolute atomic E-state index is 13.8. The lowest BCUT2D eigenvalue weighted by Crippen LogP contribution is -2.49. The number of hydrogen-bond donors (Lipinski definition) is 3. The molecule has 3 N–H and O–H groups in total. The number of fused-ring (bicyclic) bond motifs is 2. The Morgan fingerprint density at radius 3 is 2.44 bits per heavy atom. The van der Waals surface area contributed by atoms with Crippen molar-refractivity contribution in [3.8, 4) is 17.6 Å². The molecule has 9 heteroatoms. The van der Waals surface area contributed by atoms with Gasteiger partial charge in [-0.15, -0.1) is 0 Å². The third kappa shape index (κ3) is 6.20. The lowest BCUT2D eigenvalue weighted by molar-refractivity contribution is -0.150.